The number of esters is 1. The Labute approximate surface area is 140 Å². The first-order valence-corrected chi connectivity index (χ1v) is 8.96. The topological polar surface area (TPSA) is 66.0 Å². The molecule has 0 saturated carbocycles. The van der Waals surface area contributed by atoms with Crippen LogP contribution < -0.4 is 5.32 Å². The minimum Gasteiger partial charge on any atom is -0.463 e. The molecule has 0 atom stereocenters. The van der Waals surface area contributed by atoms with E-state index in [9.17, 15) is 4.79 Å². The minimum atomic E-state index is -0.131. The number of ether oxygens (including phenoxy) is 4. The summed E-state index contributed by atoms with van der Waals surface area (Å²) in [6.45, 7) is 7.24. The molecule has 1 rings (SSSR count). The molecule has 0 aromatic rings. The molecular weight excluding hydrogens is 298 g/mol. The lowest BCUT2D eigenvalue weighted by Gasteiger charge is -2.22. The van der Waals surface area contributed by atoms with E-state index in [1.54, 1.807) is 0 Å². The Morgan fingerprint density at radius 2 is 1.61 bits per heavy atom. The van der Waals surface area contributed by atoms with Gasteiger partial charge in [-0.3, -0.25) is 4.79 Å². The molecule has 0 aliphatic carbocycles. The SMILES string of the molecule is CCCCCC(=O)OCCOCCOCCOC1CCNCC1. The molecule has 23 heavy (non-hydrogen) atoms. The Balaban J connectivity index is 1.75. The molecule has 0 aromatic carbocycles. The lowest BCUT2D eigenvalue weighted by atomic mass is 10.1. The van der Waals surface area contributed by atoms with Crippen molar-refractivity contribution in [2.45, 2.75) is 51.6 Å². The molecule has 1 aliphatic rings. The molecular formula is C17H33NO5. The second-order valence-electron chi connectivity index (χ2n) is 5.72. The van der Waals surface area contributed by atoms with Crippen LogP contribution in [-0.4, -0.2) is 64.8 Å². The van der Waals surface area contributed by atoms with Gasteiger partial charge in [0.2, 0.25) is 0 Å². The van der Waals surface area contributed by atoms with E-state index in [0.29, 0.717) is 52.2 Å². The van der Waals surface area contributed by atoms with Crippen molar-refractivity contribution < 1.29 is 23.7 Å². The molecule has 1 saturated heterocycles. The molecule has 136 valence electrons. The van der Waals surface area contributed by atoms with Crippen LogP contribution in [0.4, 0.5) is 0 Å². The van der Waals surface area contributed by atoms with Crippen molar-refractivity contribution in [1.82, 2.24) is 5.32 Å². The van der Waals surface area contributed by atoms with Crippen molar-refractivity contribution in [3.05, 3.63) is 0 Å². The lowest BCUT2D eigenvalue weighted by Crippen LogP contribution is -2.33. The third kappa shape index (κ3) is 12.4. The smallest absolute Gasteiger partial charge is 0.305 e. The van der Waals surface area contributed by atoms with Crippen molar-refractivity contribution >= 4 is 5.97 Å². The zero-order chi connectivity index (χ0) is 16.6. The number of hydrogen-bond acceptors (Lipinski definition) is 6. The normalized spacial score (nSPS) is 15.7. The highest BCUT2D eigenvalue weighted by molar-refractivity contribution is 5.69. The number of rotatable bonds is 14. The Hall–Kier alpha value is -0.690. The van der Waals surface area contributed by atoms with Crippen LogP contribution in [0.15, 0.2) is 0 Å². The third-order valence-corrected chi connectivity index (χ3v) is 3.71. The maximum absolute atomic E-state index is 11.3. The van der Waals surface area contributed by atoms with Gasteiger partial charge in [0.25, 0.3) is 0 Å². The first kappa shape index (κ1) is 20.4. The number of nitrogens with one attached hydrogen (secondary N) is 1. The molecule has 1 aliphatic heterocycles. The average molecular weight is 331 g/mol. The fourth-order valence-corrected chi connectivity index (χ4v) is 2.36. The molecule has 0 unspecified atom stereocenters. The van der Waals surface area contributed by atoms with E-state index >= 15 is 0 Å². The standard InChI is InChI=1S/C17H33NO5/c1-2-3-4-5-17(19)23-15-13-21-11-10-20-12-14-22-16-6-8-18-9-7-16/h16,18H,2-15H2,1H3. The Bertz CT molecular complexity index is 282. The van der Waals surface area contributed by atoms with Gasteiger partial charge in [0.15, 0.2) is 0 Å². The molecule has 1 N–H and O–H groups in total. The average Bonchev–Trinajstić information content (AvgIpc) is 2.58. The van der Waals surface area contributed by atoms with E-state index in [0.717, 1.165) is 45.2 Å². The Kier molecular flexibility index (Phi) is 13.2. The second kappa shape index (κ2) is 14.9. The maximum Gasteiger partial charge on any atom is 0.305 e. The molecule has 6 heteroatoms. The molecule has 0 bridgehead atoms. The van der Waals surface area contributed by atoms with Gasteiger partial charge in [-0.15, -0.1) is 0 Å². The number of hydrogen-bond donors (Lipinski definition) is 1. The highest BCUT2D eigenvalue weighted by Gasteiger charge is 2.12. The van der Waals surface area contributed by atoms with Crippen LogP contribution in [0.5, 0.6) is 0 Å². The quantitative estimate of drug-likeness (QED) is 0.387. The number of unbranched alkanes of at least 4 members (excludes halogenated alkanes) is 2. The predicted molar refractivity (Wildman–Crippen MR) is 88.6 cm³/mol. The van der Waals surface area contributed by atoms with Gasteiger partial charge in [0, 0.05) is 6.42 Å². The van der Waals surface area contributed by atoms with Crippen LogP contribution in [-0.2, 0) is 23.7 Å². The molecule has 0 radical (unpaired) electrons. The van der Waals surface area contributed by atoms with E-state index in [4.69, 9.17) is 18.9 Å². The summed E-state index contributed by atoms with van der Waals surface area (Å²) in [6, 6.07) is 0. The van der Waals surface area contributed by atoms with E-state index in [1.165, 1.54) is 0 Å². The van der Waals surface area contributed by atoms with Gasteiger partial charge in [-0.1, -0.05) is 19.8 Å². The fourth-order valence-electron chi connectivity index (χ4n) is 2.36. The lowest BCUT2D eigenvalue weighted by molar-refractivity contribution is -0.145. The number of carbonyl (C=O) groups excluding carboxylic acids is 1. The van der Waals surface area contributed by atoms with E-state index in [2.05, 4.69) is 12.2 Å². The van der Waals surface area contributed by atoms with Gasteiger partial charge >= 0.3 is 5.97 Å². The van der Waals surface area contributed by atoms with Crippen molar-refractivity contribution in [2.75, 3.05) is 52.7 Å². The molecule has 0 aromatic heterocycles. The van der Waals surface area contributed by atoms with Gasteiger partial charge in [0.05, 0.1) is 39.1 Å². The van der Waals surface area contributed by atoms with Gasteiger partial charge in [-0.2, -0.15) is 0 Å². The largest absolute Gasteiger partial charge is 0.463 e. The van der Waals surface area contributed by atoms with Crippen LogP contribution in [0.1, 0.15) is 45.4 Å². The maximum atomic E-state index is 11.3. The fraction of sp³-hybridized carbons (Fsp3) is 0.941. The van der Waals surface area contributed by atoms with Crippen LogP contribution >= 0.6 is 0 Å². The highest BCUT2D eigenvalue weighted by atomic mass is 16.6. The third-order valence-electron chi connectivity index (χ3n) is 3.71. The monoisotopic (exact) mass is 331 g/mol. The van der Waals surface area contributed by atoms with Crippen molar-refractivity contribution in [3.63, 3.8) is 0 Å². The molecule has 6 nitrogen and oxygen atoms in total. The van der Waals surface area contributed by atoms with Crippen LogP contribution in [0.2, 0.25) is 0 Å². The van der Waals surface area contributed by atoms with Gasteiger partial charge in [0.1, 0.15) is 6.61 Å². The van der Waals surface area contributed by atoms with Crippen molar-refractivity contribution in [2.24, 2.45) is 0 Å². The molecule has 0 amide bonds. The summed E-state index contributed by atoms with van der Waals surface area (Å²) in [4.78, 5) is 11.3. The summed E-state index contributed by atoms with van der Waals surface area (Å²) in [5, 5.41) is 3.31. The molecule has 1 fully saturated rings. The van der Waals surface area contributed by atoms with Crippen molar-refractivity contribution in [1.29, 1.82) is 0 Å². The number of carbonyl (C=O) groups is 1. The predicted octanol–water partition coefficient (Wildman–Crippen LogP) is 1.91. The van der Waals surface area contributed by atoms with Crippen LogP contribution in [0, 0.1) is 0 Å². The summed E-state index contributed by atoms with van der Waals surface area (Å²) in [6.07, 6.45) is 6.14. The van der Waals surface area contributed by atoms with E-state index in [-0.39, 0.29) is 5.97 Å². The first-order valence-electron chi connectivity index (χ1n) is 8.96. The highest BCUT2D eigenvalue weighted by Crippen LogP contribution is 2.06. The summed E-state index contributed by atoms with van der Waals surface area (Å²) in [5.74, 6) is -0.131. The van der Waals surface area contributed by atoms with Gasteiger partial charge < -0.3 is 24.3 Å². The van der Waals surface area contributed by atoms with Crippen LogP contribution in [0.25, 0.3) is 0 Å². The Morgan fingerprint density at radius 1 is 0.957 bits per heavy atom. The second-order valence-corrected chi connectivity index (χ2v) is 5.72. The van der Waals surface area contributed by atoms with E-state index in [1.807, 2.05) is 0 Å². The molecule has 0 spiro atoms. The zero-order valence-electron chi connectivity index (χ0n) is 14.5. The van der Waals surface area contributed by atoms with Crippen LogP contribution in [0.3, 0.4) is 0 Å². The van der Waals surface area contributed by atoms with Crippen molar-refractivity contribution in [3.8, 4) is 0 Å². The van der Waals surface area contributed by atoms with Gasteiger partial charge in [-0.05, 0) is 32.4 Å². The molecule has 1 heterocycles. The Morgan fingerprint density at radius 3 is 2.30 bits per heavy atom. The van der Waals surface area contributed by atoms with Gasteiger partial charge in [-0.25, -0.2) is 0 Å². The number of piperidine rings is 1. The summed E-state index contributed by atoms with van der Waals surface area (Å²) >= 11 is 0. The first-order chi connectivity index (χ1) is 11.3. The minimum absolute atomic E-state index is 0.131. The summed E-state index contributed by atoms with van der Waals surface area (Å²) in [5.41, 5.74) is 0. The summed E-state index contributed by atoms with van der Waals surface area (Å²) < 4.78 is 21.6. The van der Waals surface area contributed by atoms with E-state index < -0.39 is 0 Å². The zero-order valence-corrected chi connectivity index (χ0v) is 14.5. The summed E-state index contributed by atoms with van der Waals surface area (Å²) in [7, 11) is 0.